The summed E-state index contributed by atoms with van der Waals surface area (Å²) >= 11 is 5.88. The number of nitrogens with zero attached hydrogens (tertiary/aromatic N) is 1. The van der Waals surface area contributed by atoms with E-state index in [9.17, 15) is 13.2 Å². The van der Waals surface area contributed by atoms with Crippen molar-refractivity contribution in [2.24, 2.45) is 0 Å². The van der Waals surface area contributed by atoms with Crippen molar-refractivity contribution >= 4 is 33.1 Å². The van der Waals surface area contributed by atoms with E-state index in [1.54, 1.807) is 12.1 Å². The minimum atomic E-state index is -3.49. The summed E-state index contributed by atoms with van der Waals surface area (Å²) in [6.45, 7) is 0. The van der Waals surface area contributed by atoms with E-state index in [1.807, 2.05) is 0 Å². The van der Waals surface area contributed by atoms with Gasteiger partial charge in [-0.1, -0.05) is 11.6 Å². The molecule has 0 radical (unpaired) electrons. The van der Waals surface area contributed by atoms with Gasteiger partial charge in [-0.15, -0.1) is 0 Å². The molecular weight excluding hydrogens is 300 g/mol. The highest BCUT2D eigenvalue weighted by molar-refractivity contribution is 7.92. The zero-order chi connectivity index (χ0) is 14.8. The van der Waals surface area contributed by atoms with E-state index >= 15 is 0 Å². The van der Waals surface area contributed by atoms with Crippen LogP contribution in [0.4, 0.5) is 5.69 Å². The molecule has 104 valence electrons. The van der Waals surface area contributed by atoms with Gasteiger partial charge in [0.1, 0.15) is 0 Å². The summed E-state index contributed by atoms with van der Waals surface area (Å²) in [5.41, 5.74) is 0.784. The molecule has 1 aromatic heterocycles. The Morgan fingerprint density at radius 1 is 1.20 bits per heavy atom. The standard InChI is InChI=1S/C13H11ClN2O3S/c1-20(18,19)16-12-3-2-10(14)8-11(12)13(17)9-4-6-15-7-5-9/h2-8,16H,1H3. The second kappa shape index (κ2) is 5.60. The Balaban J connectivity index is 2.50. The van der Waals surface area contributed by atoms with Crippen LogP contribution in [0.1, 0.15) is 15.9 Å². The number of carbonyl (C=O) groups excluding carboxylic acids is 1. The lowest BCUT2D eigenvalue weighted by Crippen LogP contribution is -2.13. The molecule has 0 saturated heterocycles. The first kappa shape index (κ1) is 14.5. The normalized spacial score (nSPS) is 11.1. The number of pyridine rings is 1. The van der Waals surface area contributed by atoms with E-state index in [-0.39, 0.29) is 17.0 Å². The van der Waals surface area contributed by atoms with Crippen LogP contribution in [-0.2, 0) is 10.0 Å². The molecule has 1 heterocycles. The minimum Gasteiger partial charge on any atom is -0.289 e. The average molecular weight is 311 g/mol. The highest BCUT2D eigenvalue weighted by Gasteiger charge is 2.16. The summed E-state index contributed by atoms with van der Waals surface area (Å²) in [5.74, 6) is -0.332. The molecule has 0 aliphatic carbocycles. The van der Waals surface area contributed by atoms with Crippen LogP contribution in [0.25, 0.3) is 0 Å². The molecule has 5 nitrogen and oxygen atoms in total. The number of ketones is 1. The molecule has 2 rings (SSSR count). The quantitative estimate of drug-likeness (QED) is 0.879. The number of aromatic nitrogens is 1. The van der Waals surface area contributed by atoms with E-state index in [4.69, 9.17) is 11.6 Å². The van der Waals surface area contributed by atoms with Crippen LogP contribution in [0.2, 0.25) is 5.02 Å². The van der Waals surface area contributed by atoms with Crippen molar-refractivity contribution in [1.82, 2.24) is 4.98 Å². The van der Waals surface area contributed by atoms with Gasteiger partial charge in [0, 0.05) is 28.5 Å². The van der Waals surface area contributed by atoms with Gasteiger partial charge >= 0.3 is 0 Å². The Morgan fingerprint density at radius 2 is 1.85 bits per heavy atom. The van der Waals surface area contributed by atoms with Crippen LogP contribution in [0.5, 0.6) is 0 Å². The Hall–Kier alpha value is -1.92. The van der Waals surface area contributed by atoms with Gasteiger partial charge in [0.25, 0.3) is 0 Å². The first-order valence-corrected chi connectivity index (χ1v) is 7.86. The SMILES string of the molecule is CS(=O)(=O)Nc1ccc(Cl)cc1C(=O)c1ccncc1. The highest BCUT2D eigenvalue weighted by atomic mass is 35.5. The number of nitrogens with one attached hydrogen (secondary N) is 1. The van der Waals surface area contributed by atoms with Crippen molar-refractivity contribution in [2.45, 2.75) is 0 Å². The lowest BCUT2D eigenvalue weighted by molar-refractivity contribution is 0.103. The molecule has 0 amide bonds. The summed E-state index contributed by atoms with van der Waals surface area (Å²) < 4.78 is 25.0. The summed E-state index contributed by atoms with van der Waals surface area (Å²) in [7, 11) is -3.49. The molecule has 1 aromatic carbocycles. The molecule has 0 unspecified atom stereocenters. The fourth-order valence-electron chi connectivity index (χ4n) is 1.65. The van der Waals surface area contributed by atoms with Gasteiger partial charge < -0.3 is 0 Å². The predicted molar refractivity (Wildman–Crippen MR) is 77.6 cm³/mol. The first-order valence-electron chi connectivity index (χ1n) is 5.59. The van der Waals surface area contributed by atoms with E-state index in [0.29, 0.717) is 10.6 Å². The van der Waals surface area contributed by atoms with Crippen LogP contribution in [0.15, 0.2) is 42.7 Å². The van der Waals surface area contributed by atoms with Gasteiger partial charge in [-0.3, -0.25) is 14.5 Å². The summed E-state index contributed by atoms with van der Waals surface area (Å²) in [4.78, 5) is 16.2. The number of hydrogen-bond donors (Lipinski definition) is 1. The molecule has 0 fully saturated rings. The van der Waals surface area contributed by atoms with Gasteiger partial charge in [0.15, 0.2) is 5.78 Å². The minimum absolute atomic E-state index is 0.189. The third-order valence-electron chi connectivity index (χ3n) is 2.46. The van der Waals surface area contributed by atoms with Crippen molar-refractivity contribution in [2.75, 3.05) is 11.0 Å². The van der Waals surface area contributed by atoms with Crippen molar-refractivity contribution in [3.05, 3.63) is 58.9 Å². The van der Waals surface area contributed by atoms with Gasteiger partial charge in [-0.25, -0.2) is 8.42 Å². The molecule has 20 heavy (non-hydrogen) atoms. The third kappa shape index (κ3) is 3.55. The maximum atomic E-state index is 12.4. The Kier molecular flexibility index (Phi) is 4.06. The Labute approximate surface area is 121 Å². The zero-order valence-electron chi connectivity index (χ0n) is 10.5. The fourth-order valence-corrected chi connectivity index (χ4v) is 2.40. The van der Waals surface area contributed by atoms with Crippen LogP contribution in [0.3, 0.4) is 0 Å². The van der Waals surface area contributed by atoms with Gasteiger partial charge in [0.05, 0.1) is 11.9 Å². The van der Waals surface area contributed by atoms with E-state index < -0.39 is 10.0 Å². The maximum absolute atomic E-state index is 12.4. The van der Waals surface area contributed by atoms with Crippen molar-refractivity contribution in [1.29, 1.82) is 0 Å². The molecule has 1 N–H and O–H groups in total. The number of sulfonamides is 1. The number of hydrogen-bond acceptors (Lipinski definition) is 4. The molecule has 0 atom stereocenters. The highest BCUT2D eigenvalue weighted by Crippen LogP contribution is 2.24. The Bertz CT molecular complexity index is 745. The summed E-state index contributed by atoms with van der Waals surface area (Å²) in [6, 6.07) is 7.50. The summed E-state index contributed by atoms with van der Waals surface area (Å²) in [6.07, 6.45) is 3.99. The van der Waals surface area contributed by atoms with Crippen molar-refractivity contribution in [3.63, 3.8) is 0 Å². The van der Waals surface area contributed by atoms with E-state index in [2.05, 4.69) is 9.71 Å². The monoisotopic (exact) mass is 310 g/mol. The number of benzene rings is 1. The largest absolute Gasteiger partial charge is 0.289 e. The predicted octanol–water partition coefficient (Wildman–Crippen LogP) is 2.34. The smallest absolute Gasteiger partial charge is 0.229 e. The number of carbonyl (C=O) groups is 1. The van der Waals surface area contributed by atoms with Crippen LogP contribution in [0, 0.1) is 0 Å². The van der Waals surface area contributed by atoms with Gasteiger partial charge in [-0.05, 0) is 30.3 Å². The lowest BCUT2D eigenvalue weighted by Gasteiger charge is -2.10. The molecule has 7 heteroatoms. The van der Waals surface area contributed by atoms with Gasteiger partial charge in [0.2, 0.25) is 10.0 Å². The zero-order valence-corrected chi connectivity index (χ0v) is 12.1. The molecule has 0 saturated carbocycles. The summed E-state index contributed by atoms with van der Waals surface area (Å²) in [5, 5.41) is 0.349. The van der Waals surface area contributed by atoms with E-state index in [0.717, 1.165) is 6.26 Å². The first-order chi connectivity index (χ1) is 9.37. The van der Waals surface area contributed by atoms with Crippen LogP contribution < -0.4 is 4.72 Å². The second-order valence-corrected chi connectivity index (χ2v) is 6.31. The van der Waals surface area contributed by atoms with Crippen LogP contribution >= 0.6 is 11.6 Å². The molecule has 0 aliphatic heterocycles. The second-order valence-electron chi connectivity index (χ2n) is 4.13. The number of anilines is 1. The number of halogens is 1. The van der Waals surface area contributed by atoms with Gasteiger partial charge in [-0.2, -0.15) is 0 Å². The number of rotatable bonds is 4. The van der Waals surface area contributed by atoms with Crippen LogP contribution in [-0.4, -0.2) is 25.4 Å². The third-order valence-corrected chi connectivity index (χ3v) is 3.29. The molecular formula is C13H11ClN2O3S. The Morgan fingerprint density at radius 3 is 2.45 bits per heavy atom. The maximum Gasteiger partial charge on any atom is 0.229 e. The molecule has 2 aromatic rings. The molecule has 0 bridgehead atoms. The lowest BCUT2D eigenvalue weighted by atomic mass is 10.0. The fraction of sp³-hybridized carbons (Fsp3) is 0.0769. The average Bonchev–Trinajstić information content (AvgIpc) is 2.39. The van der Waals surface area contributed by atoms with E-state index in [1.165, 1.54) is 30.6 Å². The molecule has 0 spiro atoms. The topological polar surface area (TPSA) is 76.1 Å². The van der Waals surface area contributed by atoms with Crippen molar-refractivity contribution in [3.8, 4) is 0 Å². The van der Waals surface area contributed by atoms with Crippen molar-refractivity contribution < 1.29 is 13.2 Å². The molecule has 0 aliphatic rings.